The maximum Gasteiger partial charge on any atom is 0.355 e. The number of aromatic amines is 1. The highest BCUT2D eigenvalue weighted by molar-refractivity contribution is 5.98. The molecule has 0 saturated carbocycles. The average molecular weight is 339 g/mol. The van der Waals surface area contributed by atoms with E-state index in [1.807, 2.05) is 6.92 Å². The molecule has 0 aliphatic rings. The van der Waals surface area contributed by atoms with Crippen molar-refractivity contribution < 1.29 is 28.6 Å². The van der Waals surface area contributed by atoms with Gasteiger partial charge in [0.05, 0.1) is 24.5 Å². The quantitative estimate of drug-likeness (QED) is 0.549. The molecular weight excluding hydrogens is 314 g/mol. The van der Waals surface area contributed by atoms with Gasteiger partial charge in [0, 0.05) is 6.42 Å². The molecule has 0 bridgehead atoms. The third-order valence-electron chi connectivity index (χ3n) is 3.40. The molecule has 1 aromatic heterocycles. The van der Waals surface area contributed by atoms with Crippen LogP contribution in [0.3, 0.4) is 0 Å². The highest BCUT2D eigenvalue weighted by Crippen LogP contribution is 2.21. The van der Waals surface area contributed by atoms with Crippen molar-refractivity contribution in [3.8, 4) is 0 Å². The number of hydrogen-bond acceptors (Lipinski definition) is 6. The Kier molecular flexibility index (Phi) is 8.01. The first-order chi connectivity index (χ1) is 11.5. The number of carbonyl (C=O) groups is 3. The number of unbranched alkanes of at least 4 members (excludes halogenated alkanes) is 1. The maximum absolute atomic E-state index is 12.2. The van der Waals surface area contributed by atoms with Crippen molar-refractivity contribution in [3.05, 3.63) is 22.5 Å². The summed E-state index contributed by atoms with van der Waals surface area (Å²) in [6, 6.07) is 0. The van der Waals surface area contributed by atoms with Crippen LogP contribution in [0.2, 0.25) is 0 Å². The Labute approximate surface area is 141 Å². The van der Waals surface area contributed by atoms with Gasteiger partial charge in [0.1, 0.15) is 12.3 Å². The largest absolute Gasteiger partial charge is 0.462 e. The van der Waals surface area contributed by atoms with Crippen LogP contribution in [0.15, 0.2) is 0 Å². The fourth-order valence-electron chi connectivity index (χ4n) is 2.20. The third kappa shape index (κ3) is 5.11. The van der Waals surface area contributed by atoms with Crippen LogP contribution in [0.5, 0.6) is 0 Å². The molecule has 7 nitrogen and oxygen atoms in total. The molecule has 0 aromatic carbocycles. The molecule has 0 amide bonds. The summed E-state index contributed by atoms with van der Waals surface area (Å²) in [5, 5.41) is 0. The molecule has 1 rings (SSSR count). The van der Waals surface area contributed by atoms with Gasteiger partial charge in [0.25, 0.3) is 0 Å². The van der Waals surface area contributed by atoms with Crippen molar-refractivity contribution in [2.45, 2.75) is 53.6 Å². The van der Waals surface area contributed by atoms with Crippen LogP contribution >= 0.6 is 0 Å². The average Bonchev–Trinajstić information content (AvgIpc) is 2.88. The van der Waals surface area contributed by atoms with Crippen LogP contribution < -0.4 is 0 Å². The van der Waals surface area contributed by atoms with E-state index in [1.54, 1.807) is 20.8 Å². The molecule has 0 atom stereocenters. The highest BCUT2D eigenvalue weighted by Gasteiger charge is 2.26. The third-order valence-corrected chi connectivity index (χ3v) is 3.40. The van der Waals surface area contributed by atoms with Gasteiger partial charge >= 0.3 is 17.9 Å². The lowest BCUT2D eigenvalue weighted by atomic mass is 10.1. The fraction of sp³-hybridized carbons (Fsp3) is 0.588. The van der Waals surface area contributed by atoms with Crippen LogP contribution in [0.25, 0.3) is 0 Å². The molecule has 134 valence electrons. The summed E-state index contributed by atoms with van der Waals surface area (Å²) in [5.74, 6) is -1.48. The van der Waals surface area contributed by atoms with Crippen molar-refractivity contribution in [1.29, 1.82) is 0 Å². The van der Waals surface area contributed by atoms with Gasteiger partial charge in [-0.2, -0.15) is 0 Å². The minimum absolute atomic E-state index is 0.128. The number of ether oxygens (including phenoxy) is 3. The molecule has 1 N–H and O–H groups in total. The Hall–Kier alpha value is -2.31. The van der Waals surface area contributed by atoms with Crippen molar-refractivity contribution in [2.24, 2.45) is 0 Å². The minimum atomic E-state index is -0.568. The van der Waals surface area contributed by atoms with E-state index < -0.39 is 11.9 Å². The molecule has 0 aliphatic carbocycles. The van der Waals surface area contributed by atoms with Gasteiger partial charge in [-0.05, 0) is 32.8 Å². The van der Waals surface area contributed by atoms with E-state index >= 15 is 0 Å². The molecule has 1 heterocycles. The molecule has 0 aliphatic heterocycles. The minimum Gasteiger partial charge on any atom is -0.462 e. The summed E-state index contributed by atoms with van der Waals surface area (Å²) in [5.41, 5.74) is 1.13. The summed E-state index contributed by atoms with van der Waals surface area (Å²) in [4.78, 5) is 38.6. The molecular formula is C17H25NO6. The second-order valence-electron chi connectivity index (χ2n) is 5.18. The lowest BCUT2D eigenvalue weighted by molar-refractivity contribution is -0.145. The summed E-state index contributed by atoms with van der Waals surface area (Å²) in [6.07, 6.45) is 1.94. The first-order valence-corrected chi connectivity index (χ1v) is 8.17. The van der Waals surface area contributed by atoms with E-state index in [2.05, 4.69) is 4.98 Å². The van der Waals surface area contributed by atoms with Gasteiger partial charge in [-0.25, -0.2) is 9.59 Å². The van der Waals surface area contributed by atoms with Crippen LogP contribution in [0.1, 0.15) is 72.1 Å². The SMILES string of the molecule is CCCCC(=O)OCc1[nH]c(C(=O)OCC)c(C)c1C(=O)OCC. The van der Waals surface area contributed by atoms with E-state index in [4.69, 9.17) is 14.2 Å². The molecule has 0 unspecified atom stereocenters. The molecule has 1 aromatic rings. The Balaban J connectivity index is 3.02. The Morgan fingerprint density at radius 2 is 1.58 bits per heavy atom. The zero-order chi connectivity index (χ0) is 18.1. The van der Waals surface area contributed by atoms with E-state index in [-0.39, 0.29) is 37.0 Å². The van der Waals surface area contributed by atoms with Gasteiger partial charge in [0.2, 0.25) is 0 Å². The van der Waals surface area contributed by atoms with Crippen LogP contribution in [0, 0.1) is 6.92 Å². The van der Waals surface area contributed by atoms with E-state index in [0.717, 1.165) is 12.8 Å². The summed E-state index contributed by atoms with van der Waals surface area (Å²) >= 11 is 0. The van der Waals surface area contributed by atoms with E-state index in [0.29, 0.717) is 17.7 Å². The monoisotopic (exact) mass is 339 g/mol. The van der Waals surface area contributed by atoms with Crippen molar-refractivity contribution in [1.82, 2.24) is 4.98 Å². The summed E-state index contributed by atoms with van der Waals surface area (Å²) in [6.45, 7) is 7.27. The van der Waals surface area contributed by atoms with Gasteiger partial charge in [-0.1, -0.05) is 13.3 Å². The molecule has 0 radical (unpaired) electrons. The number of hydrogen-bond donors (Lipinski definition) is 1. The second-order valence-corrected chi connectivity index (χ2v) is 5.18. The van der Waals surface area contributed by atoms with Gasteiger partial charge in [0.15, 0.2) is 0 Å². The molecule has 0 fully saturated rings. The van der Waals surface area contributed by atoms with Crippen molar-refractivity contribution in [2.75, 3.05) is 13.2 Å². The lowest BCUT2D eigenvalue weighted by Gasteiger charge is -2.06. The van der Waals surface area contributed by atoms with Gasteiger partial charge in [-0.15, -0.1) is 0 Å². The molecule has 0 spiro atoms. The standard InChI is InChI=1S/C17H25NO6/c1-5-8-9-13(19)24-10-12-14(16(20)22-6-2)11(4)15(18-12)17(21)23-7-3/h18H,5-10H2,1-4H3. The topological polar surface area (TPSA) is 94.7 Å². The summed E-state index contributed by atoms with van der Waals surface area (Å²) in [7, 11) is 0. The second kappa shape index (κ2) is 9.75. The molecule has 7 heteroatoms. The first-order valence-electron chi connectivity index (χ1n) is 8.17. The zero-order valence-corrected chi connectivity index (χ0v) is 14.7. The highest BCUT2D eigenvalue weighted by atomic mass is 16.5. The normalized spacial score (nSPS) is 10.3. The van der Waals surface area contributed by atoms with Gasteiger partial charge < -0.3 is 19.2 Å². The number of esters is 3. The molecule has 24 heavy (non-hydrogen) atoms. The Bertz CT molecular complexity index is 590. The van der Waals surface area contributed by atoms with Crippen LogP contribution in [-0.2, 0) is 25.6 Å². The molecule has 0 saturated heterocycles. The predicted molar refractivity (Wildman–Crippen MR) is 86.8 cm³/mol. The summed E-state index contributed by atoms with van der Waals surface area (Å²) < 4.78 is 15.2. The predicted octanol–water partition coefficient (Wildman–Crippen LogP) is 2.91. The van der Waals surface area contributed by atoms with E-state index in [1.165, 1.54) is 0 Å². The lowest BCUT2D eigenvalue weighted by Crippen LogP contribution is -2.11. The Morgan fingerprint density at radius 1 is 0.958 bits per heavy atom. The fourth-order valence-corrected chi connectivity index (χ4v) is 2.20. The van der Waals surface area contributed by atoms with Crippen molar-refractivity contribution in [3.63, 3.8) is 0 Å². The number of carbonyl (C=O) groups excluding carboxylic acids is 3. The van der Waals surface area contributed by atoms with Gasteiger partial charge in [-0.3, -0.25) is 4.79 Å². The number of nitrogens with one attached hydrogen (secondary N) is 1. The smallest absolute Gasteiger partial charge is 0.355 e. The zero-order valence-electron chi connectivity index (χ0n) is 14.7. The number of rotatable bonds is 9. The van der Waals surface area contributed by atoms with Crippen LogP contribution in [-0.4, -0.2) is 36.1 Å². The van der Waals surface area contributed by atoms with E-state index in [9.17, 15) is 14.4 Å². The maximum atomic E-state index is 12.2. The van der Waals surface area contributed by atoms with Crippen LogP contribution in [0.4, 0.5) is 0 Å². The number of aromatic nitrogens is 1. The van der Waals surface area contributed by atoms with Crippen molar-refractivity contribution >= 4 is 17.9 Å². The first kappa shape index (κ1) is 19.7. The number of H-pyrrole nitrogens is 1. The Morgan fingerprint density at radius 3 is 2.17 bits per heavy atom.